The van der Waals surface area contributed by atoms with Gasteiger partial charge in [0.25, 0.3) is 5.91 Å². The minimum Gasteiger partial charge on any atom is -0.480 e. The van der Waals surface area contributed by atoms with Gasteiger partial charge in [-0.3, -0.25) is 9.48 Å². The van der Waals surface area contributed by atoms with Gasteiger partial charge in [0.15, 0.2) is 6.04 Å². The summed E-state index contributed by atoms with van der Waals surface area (Å²) < 4.78 is 1.35. The predicted molar refractivity (Wildman–Crippen MR) is 58.5 cm³/mol. The first-order valence-corrected chi connectivity index (χ1v) is 5.05. The minimum absolute atomic E-state index is 0.245. The number of carbonyl (C=O) groups excluding carboxylic acids is 1. The maximum Gasteiger partial charge on any atom is 0.328 e. The number of aromatic nitrogens is 2. The number of hydrogen-bond acceptors (Lipinski definition) is 4. The van der Waals surface area contributed by atoms with Crippen molar-refractivity contribution in [3.8, 4) is 0 Å². The van der Waals surface area contributed by atoms with Crippen molar-refractivity contribution in [2.45, 2.75) is 26.0 Å². The maximum absolute atomic E-state index is 11.8. The Bertz CT molecular complexity index is 439. The van der Waals surface area contributed by atoms with E-state index in [0.29, 0.717) is 5.69 Å². The first-order chi connectivity index (χ1) is 7.82. The lowest BCUT2D eigenvalue weighted by atomic mass is 10.2. The minimum atomic E-state index is -1.34. The fraction of sp³-hybridized carbons (Fsp3) is 0.500. The number of hydrogen-bond donors (Lipinski definition) is 3. The highest BCUT2D eigenvalue weighted by atomic mass is 16.4. The lowest BCUT2D eigenvalue weighted by molar-refractivity contribution is -0.141. The van der Waals surface area contributed by atoms with Crippen LogP contribution in [0.15, 0.2) is 6.07 Å². The third kappa shape index (κ3) is 3.04. The van der Waals surface area contributed by atoms with E-state index < -0.39 is 24.0 Å². The molecule has 17 heavy (non-hydrogen) atoms. The molecule has 2 atom stereocenters. The van der Waals surface area contributed by atoms with Crippen molar-refractivity contribution >= 4 is 11.9 Å². The zero-order valence-corrected chi connectivity index (χ0v) is 9.84. The number of aliphatic hydroxyl groups is 1. The third-order valence-electron chi connectivity index (χ3n) is 2.27. The van der Waals surface area contributed by atoms with Crippen molar-refractivity contribution in [1.29, 1.82) is 0 Å². The standard InChI is InChI=1S/C10H15N3O4/c1-5-4-7(13(3)12-5)9(15)11-8(6(2)14)10(16)17/h4,6,8,14H,1-3H3,(H,11,15)(H,16,17). The van der Waals surface area contributed by atoms with Crippen molar-refractivity contribution in [3.63, 3.8) is 0 Å². The highest BCUT2D eigenvalue weighted by Crippen LogP contribution is 2.03. The molecular weight excluding hydrogens is 226 g/mol. The maximum atomic E-state index is 11.8. The molecular formula is C10H15N3O4. The average Bonchev–Trinajstić information content (AvgIpc) is 2.53. The monoisotopic (exact) mass is 241 g/mol. The van der Waals surface area contributed by atoms with Crippen LogP contribution in [0.1, 0.15) is 23.1 Å². The fourth-order valence-electron chi connectivity index (χ4n) is 1.43. The van der Waals surface area contributed by atoms with Crippen molar-refractivity contribution in [2.75, 3.05) is 0 Å². The Balaban J connectivity index is 2.85. The second kappa shape index (κ2) is 4.96. The van der Waals surface area contributed by atoms with E-state index in [1.165, 1.54) is 17.7 Å². The van der Waals surface area contributed by atoms with Gasteiger partial charge < -0.3 is 15.5 Å². The van der Waals surface area contributed by atoms with Gasteiger partial charge in [-0.25, -0.2) is 4.79 Å². The molecule has 0 aliphatic heterocycles. The number of carboxylic acid groups (broad SMARTS) is 1. The van der Waals surface area contributed by atoms with Gasteiger partial charge >= 0.3 is 5.97 Å². The molecule has 0 aliphatic carbocycles. The molecule has 1 heterocycles. The van der Waals surface area contributed by atoms with E-state index in [1.54, 1.807) is 14.0 Å². The summed E-state index contributed by atoms with van der Waals surface area (Å²) >= 11 is 0. The summed E-state index contributed by atoms with van der Waals surface area (Å²) in [6, 6.07) is 0.203. The molecule has 0 spiro atoms. The van der Waals surface area contributed by atoms with Gasteiger partial charge in [-0.2, -0.15) is 5.10 Å². The Hall–Kier alpha value is -1.89. The summed E-state index contributed by atoms with van der Waals surface area (Å²) in [5, 5.41) is 24.3. The fourth-order valence-corrected chi connectivity index (χ4v) is 1.43. The molecule has 0 radical (unpaired) electrons. The Morgan fingerprint density at radius 1 is 1.53 bits per heavy atom. The quantitative estimate of drug-likeness (QED) is 0.646. The molecule has 0 saturated carbocycles. The zero-order chi connectivity index (χ0) is 13.2. The number of amides is 1. The van der Waals surface area contributed by atoms with E-state index in [-0.39, 0.29) is 5.69 Å². The van der Waals surface area contributed by atoms with Gasteiger partial charge in [0.1, 0.15) is 5.69 Å². The summed E-state index contributed by atoms with van der Waals surface area (Å²) in [6.45, 7) is 3.02. The average molecular weight is 241 g/mol. The number of nitrogens with zero attached hydrogens (tertiary/aromatic N) is 2. The van der Waals surface area contributed by atoms with Crippen LogP contribution in [0.4, 0.5) is 0 Å². The van der Waals surface area contributed by atoms with Gasteiger partial charge in [0, 0.05) is 7.05 Å². The number of nitrogens with one attached hydrogen (secondary N) is 1. The topological polar surface area (TPSA) is 104 Å². The normalized spacial score (nSPS) is 14.1. The van der Waals surface area contributed by atoms with Crippen LogP contribution in [0.2, 0.25) is 0 Å². The van der Waals surface area contributed by atoms with Crippen LogP contribution in [0.5, 0.6) is 0 Å². The Labute approximate surface area is 98.1 Å². The number of rotatable bonds is 4. The van der Waals surface area contributed by atoms with Gasteiger partial charge in [0.2, 0.25) is 0 Å². The van der Waals surface area contributed by atoms with E-state index in [1.807, 2.05) is 0 Å². The van der Waals surface area contributed by atoms with Crippen LogP contribution in [0, 0.1) is 6.92 Å². The molecule has 0 fully saturated rings. The molecule has 1 rings (SSSR count). The van der Waals surface area contributed by atoms with E-state index in [2.05, 4.69) is 10.4 Å². The molecule has 0 bridgehead atoms. The van der Waals surface area contributed by atoms with Crippen LogP contribution < -0.4 is 5.32 Å². The molecule has 0 saturated heterocycles. The van der Waals surface area contributed by atoms with E-state index in [4.69, 9.17) is 5.11 Å². The van der Waals surface area contributed by atoms with Crippen molar-refractivity contribution in [3.05, 3.63) is 17.5 Å². The first-order valence-electron chi connectivity index (χ1n) is 5.05. The van der Waals surface area contributed by atoms with Gasteiger partial charge in [-0.1, -0.05) is 0 Å². The molecule has 0 aliphatic rings. The number of carboxylic acids is 1. The molecule has 1 aromatic heterocycles. The number of aliphatic hydroxyl groups excluding tert-OH is 1. The Morgan fingerprint density at radius 3 is 2.47 bits per heavy atom. The molecule has 94 valence electrons. The van der Waals surface area contributed by atoms with Crippen molar-refractivity contribution in [2.24, 2.45) is 7.05 Å². The molecule has 1 aromatic rings. The first kappa shape index (κ1) is 13.2. The van der Waals surface area contributed by atoms with Crippen LogP contribution in [0.3, 0.4) is 0 Å². The summed E-state index contributed by atoms with van der Waals surface area (Å²) in [7, 11) is 1.58. The Kier molecular flexibility index (Phi) is 3.84. The Morgan fingerprint density at radius 2 is 2.12 bits per heavy atom. The summed E-state index contributed by atoms with van der Waals surface area (Å²) in [4.78, 5) is 22.6. The lowest BCUT2D eigenvalue weighted by Gasteiger charge is -2.16. The lowest BCUT2D eigenvalue weighted by Crippen LogP contribution is -2.48. The highest BCUT2D eigenvalue weighted by molar-refractivity contribution is 5.95. The van der Waals surface area contributed by atoms with Crippen LogP contribution in [0.25, 0.3) is 0 Å². The van der Waals surface area contributed by atoms with E-state index in [9.17, 15) is 14.7 Å². The summed E-state index contributed by atoms with van der Waals surface area (Å²) in [5.41, 5.74) is 0.899. The molecule has 2 unspecified atom stereocenters. The summed E-state index contributed by atoms with van der Waals surface area (Å²) in [6.07, 6.45) is -1.18. The largest absolute Gasteiger partial charge is 0.480 e. The van der Waals surface area contributed by atoms with Crippen LogP contribution in [-0.4, -0.2) is 44.0 Å². The zero-order valence-electron chi connectivity index (χ0n) is 9.84. The number of aryl methyl sites for hydroxylation is 2. The van der Waals surface area contributed by atoms with Gasteiger partial charge in [0.05, 0.1) is 11.8 Å². The highest BCUT2D eigenvalue weighted by Gasteiger charge is 2.26. The second-order valence-electron chi connectivity index (χ2n) is 3.82. The van der Waals surface area contributed by atoms with E-state index >= 15 is 0 Å². The molecule has 1 amide bonds. The van der Waals surface area contributed by atoms with Crippen LogP contribution in [-0.2, 0) is 11.8 Å². The molecule has 7 heteroatoms. The third-order valence-corrected chi connectivity index (χ3v) is 2.27. The number of aliphatic carboxylic acids is 1. The molecule has 0 aromatic carbocycles. The van der Waals surface area contributed by atoms with E-state index in [0.717, 1.165) is 0 Å². The van der Waals surface area contributed by atoms with Crippen LogP contribution >= 0.6 is 0 Å². The summed E-state index contributed by atoms with van der Waals surface area (Å²) in [5.74, 6) is -1.87. The van der Waals surface area contributed by atoms with Crippen molar-refractivity contribution < 1.29 is 19.8 Å². The van der Waals surface area contributed by atoms with Gasteiger partial charge in [-0.05, 0) is 19.9 Å². The predicted octanol–water partition coefficient (Wildman–Crippen LogP) is -0.708. The molecule has 3 N–H and O–H groups in total. The van der Waals surface area contributed by atoms with Gasteiger partial charge in [-0.15, -0.1) is 0 Å². The smallest absolute Gasteiger partial charge is 0.328 e. The molecule has 7 nitrogen and oxygen atoms in total. The SMILES string of the molecule is Cc1cc(C(=O)NC(C(=O)O)C(C)O)n(C)n1. The number of carbonyl (C=O) groups is 2. The second-order valence-corrected chi connectivity index (χ2v) is 3.82. The van der Waals surface area contributed by atoms with Crippen molar-refractivity contribution in [1.82, 2.24) is 15.1 Å².